The van der Waals surface area contributed by atoms with E-state index in [1.807, 2.05) is 6.07 Å². The van der Waals surface area contributed by atoms with Gasteiger partial charge in [0.1, 0.15) is 16.4 Å². The van der Waals surface area contributed by atoms with Crippen LogP contribution in [-0.2, 0) is 0 Å². The van der Waals surface area contributed by atoms with Gasteiger partial charge in [-0.3, -0.25) is 0 Å². The van der Waals surface area contributed by atoms with E-state index in [9.17, 15) is 0 Å². The van der Waals surface area contributed by atoms with E-state index in [4.69, 9.17) is 28.5 Å². The quantitative estimate of drug-likeness (QED) is 0.462. The molecule has 0 aliphatic rings. The van der Waals surface area contributed by atoms with Crippen molar-refractivity contribution >= 4 is 43.9 Å². The Morgan fingerprint density at radius 1 is 1.55 bits per heavy atom. The smallest absolute Gasteiger partial charge is 0.178 e. The average Bonchev–Trinajstić information content (AvgIpc) is 1.85. The van der Waals surface area contributed by atoms with E-state index in [-0.39, 0.29) is 5.15 Å². The normalized spacial score (nSPS) is 9.18. The summed E-state index contributed by atoms with van der Waals surface area (Å²) in [5.74, 6) is 0. The Morgan fingerprint density at radius 3 is 2.64 bits per heavy atom. The molecule has 5 heteroatoms. The molecular formula is C6HAlCl2N2. The van der Waals surface area contributed by atoms with Crippen LogP contribution in [0.5, 0.6) is 0 Å². The van der Waals surface area contributed by atoms with Crippen molar-refractivity contribution in [2.24, 2.45) is 0 Å². The predicted octanol–water partition coefficient (Wildman–Crippen LogP) is 1.05. The summed E-state index contributed by atoms with van der Waals surface area (Å²) in [6.07, 6.45) is 0. The van der Waals surface area contributed by atoms with Gasteiger partial charge in [0.25, 0.3) is 0 Å². The topological polar surface area (TPSA) is 36.7 Å². The number of nitrogens with zero attached hydrogens (tertiary/aromatic N) is 2. The zero-order valence-corrected chi connectivity index (χ0v) is 7.97. The molecule has 0 saturated heterocycles. The van der Waals surface area contributed by atoms with Gasteiger partial charge in [-0.15, -0.1) is 4.43 Å². The molecule has 0 fully saturated rings. The molecule has 0 amide bonds. The predicted molar refractivity (Wildman–Crippen MR) is 44.4 cm³/mol. The van der Waals surface area contributed by atoms with E-state index >= 15 is 0 Å². The molecule has 1 aromatic heterocycles. The fourth-order valence-electron chi connectivity index (χ4n) is 0.612. The van der Waals surface area contributed by atoms with Crippen molar-refractivity contribution in [1.29, 1.82) is 5.26 Å². The molecule has 2 nitrogen and oxygen atoms in total. The SMILES string of the molecule is N#Cc1[c]([Al])cc(Cl)nc1Cl. The van der Waals surface area contributed by atoms with Crippen LogP contribution in [0.4, 0.5) is 0 Å². The van der Waals surface area contributed by atoms with Crippen molar-refractivity contribution in [2.75, 3.05) is 0 Å². The first-order chi connectivity index (χ1) is 5.15. The number of rotatable bonds is 0. The summed E-state index contributed by atoms with van der Waals surface area (Å²) in [6, 6.07) is 3.48. The van der Waals surface area contributed by atoms with Gasteiger partial charge in [-0.25, -0.2) is 4.98 Å². The summed E-state index contributed by atoms with van der Waals surface area (Å²) in [7, 11) is 0. The third-order valence-electron chi connectivity index (χ3n) is 1.09. The number of nitriles is 1. The zero-order valence-electron chi connectivity index (χ0n) is 5.31. The van der Waals surface area contributed by atoms with Gasteiger partial charge in [0.2, 0.25) is 0 Å². The largest absolute Gasteiger partial charge is 0.223 e. The molecule has 0 atom stereocenters. The van der Waals surface area contributed by atoms with Crippen LogP contribution in [0.2, 0.25) is 10.3 Å². The second-order valence-corrected chi connectivity index (χ2v) is 3.18. The summed E-state index contributed by atoms with van der Waals surface area (Å²) < 4.78 is 0.664. The number of pyridine rings is 1. The minimum Gasteiger partial charge on any atom is -0.223 e. The van der Waals surface area contributed by atoms with Crippen LogP contribution in [0.3, 0.4) is 0 Å². The molecule has 0 unspecified atom stereocenters. The lowest BCUT2D eigenvalue weighted by Gasteiger charge is -1.99. The number of aromatic nitrogens is 1. The van der Waals surface area contributed by atoms with Gasteiger partial charge in [-0.2, -0.15) is 5.26 Å². The van der Waals surface area contributed by atoms with Gasteiger partial charge in [0, 0.05) is 0 Å². The Morgan fingerprint density at radius 2 is 2.18 bits per heavy atom. The monoisotopic (exact) mass is 198 g/mol. The average molecular weight is 199 g/mol. The Bertz CT molecular complexity index is 309. The Balaban J connectivity index is 3.40. The van der Waals surface area contributed by atoms with Crippen molar-refractivity contribution in [3.63, 3.8) is 0 Å². The molecule has 0 N–H and O–H groups in total. The van der Waals surface area contributed by atoms with Crippen LogP contribution in [0.15, 0.2) is 6.07 Å². The van der Waals surface area contributed by atoms with Gasteiger partial charge in [-0.05, 0) is 6.07 Å². The van der Waals surface area contributed by atoms with E-state index < -0.39 is 0 Å². The fraction of sp³-hybridized carbons (Fsp3) is 0. The molecule has 11 heavy (non-hydrogen) atoms. The molecule has 0 saturated carbocycles. The van der Waals surface area contributed by atoms with Gasteiger partial charge >= 0.3 is 0 Å². The Kier molecular flexibility index (Phi) is 2.76. The second-order valence-electron chi connectivity index (χ2n) is 1.81. The molecule has 2 radical (unpaired) electrons. The molecule has 52 valence electrons. The van der Waals surface area contributed by atoms with Gasteiger partial charge in [-0.1, -0.05) is 23.2 Å². The summed E-state index contributed by atoms with van der Waals surface area (Å²) in [5.41, 5.74) is 0.348. The Labute approximate surface area is 82.2 Å². The number of halogens is 2. The van der Waals surface area contributed by atoms with Crippen LogP contribution in [-0.4, -0.2) is 21.3 Å². The number of hydrogen-bond donors (Lipinski definition) is 0. The fourth-order valence-corrected chi connectivity index (χ4v) is 1.66. The van der Waals surface area contributed by atoms with Gasteiger partial charge in [0.05, 0.1) is 5.56 Å². The van der Waals surface area contributed by atoms with Gasteiger partial charge in [0.15, 0.2) is 16.3 Å². The molecule has 0 aromatic carbocycles. The standard InChI is InChI=1S/C6HCl2N2.Al/c7-5-2-1-4(3-9)6(8)10-5;/h2H;. The van der Waals surface area contributed by atoms with E-state index in [1.54, 1.807) is 6.07 Å². The zero-order chi connectivity index (χ0) is 8.43. The molecule has 1 aromatic rings. The van der Waals surface area contributed by atoms with Crippen LogP contribution in [0.25, 0.3) is 0 Å². The highest BCUT2D eigenvalue weighted by Crippen LogP contribution is 2.12. The first kappa shape index (κ1) is 8.85. The summed E-state index contributed by atoms with van der Waals surface area (Å²) in [6.45, 7) is 0. The van der Waals surface area contributed by atoms with Crippen LogP contribution in [0, 0.1) is 11.3 Å². The lowest BCUT2D eigenvalue weighted by atomic mass is 10.3. The van der Waals surface area contributed by atoms with Crippen molar-refractivity contribution < 1.29 is 0 Å². The Hall–Kier alpha value is -0.248. The maximum Gasteiger partial charge on any atom is 0.178 e. The highest BCUT2D eigenvalue weighted by Gasteiger charge is 2.04. The number of hydrogen-bond acceptors (Lipinski definition) is 2. The first-order valence-corrected chi connectivity index (χ1v) is 4.00. The first-order valence-electron chi connectivity index (χ1n) is 2.66. The lowest BCUT2D eigenvalue weighted by molar-refractivity contribution is 1.32. The summed E-state index contributed by atoms with van der Waals surface area (Å²) in [4.78, 5) is 3.70. The molecule has 0 bridgehead atoms. The summed E-state index contributed by atoms with van der Waals surface area (Å²) in [5, 5.41) is 8.99. The molecule has 0 aliphatic heterocycles. The lowest BCUT2D eigenvalue weighted by Crippen LogP contribution is -2.09. The van der Waals surface area contributed by atoms with E-state index in [1.165, 1.54) is 0 Å². The maximum atomic E-state index is 8.56. The highest BCUT2D eigenvalue weighted by atomic mass is 35.5. The second kappa shape index (κ2) is 3.43. The van der Waals surface area contributed by atoms with Crippen molar-refractivity contribution in [2.45, 2.75) is 0 Å². The third-order valence-corrected chi connectivity index (χ3v) is 2.01. The minimum absolute atomic E-state index is 0.144. The highest BCUT2D eigenvalue weighted by molar-refractivity contribution is 6.40. The summed E-state index contributed by atoms with van der Waals surface area (Å²) >= 11 is 13.5. The maximum absolute atomic E-state index is 8.56. The van der Waals surface area contributed by atoms with Crippen LogP contribution < -0.4 is 4.43 Å². The van der Waals surface area contributed by atoms with E-state index in [0.29, 0.717) is 15.1 Å². The molecule has 0 spiro atoms. The van der Waals surface area contributed by atoms with Crippen LogP contribution in [0.1, 0.15) is 5.56 Å². The van der Waals surface area contributed by atoms with Gasteiger partial charge < -0.3 is 0 Å². The molecular weight excluding hydrogens is 198 g/mol. The molecule has 0 aliphatic carbocycles. The third kappa shape index (κ3) is 1.86. The molecule has 1 heterocycles. The van der Waals surface area contributed by atoms with Crippen LogP contribution >= 0.6 is 23.2 Å². The van der Waals surface area contributed by atoms with Crippen molar-refractivity contribution in [3.05, 3.63) is 21.9 Å². The minimum atomic E-state index is 0.144. The van der Waals surface area contributed by atoms with E-state index in [2.05, 4.69) is 21.3 Å². The molecule has 1 rings (SSSR count). The van der Waals surface area contributed by atoms with Crippen molar-refractivity contribution in [1.82, 2.24) is 4.98 Å². The van der Waals surface area contributed by atoms with Crippen molar-refractivity contribution in [3.8, 4) is 6.07 Å². The van der Waals surface area contributed by atoms with E-state index in [0.717, 1.165) is 0 Å².